The van der Waals surface area contributed by atoms with Gasteiger partial charge in [0.15, 0.2) is 11.6 Å². The summed E-state index contributed by atoms with van der Waals surface area (Å²) in [5.74, 6) is 0.825. The molecule has 2 atom stereocenters. The van der Waals surface area contributed by atoms with E-state index in [1.165, 1.54) is 25.0 Å². The average molecular weight is 485 g/mol. The molecule has 2 bridgehead atoms. The zero-order valence-corrected chi connectivity index (χ0v) is 20.1. The monoisotopic (exact) mass is 484 g/mol. The fourth-order valence-electron chi connectivity index (χ4n) is 4.09. The number of halogens is 2. The Morgan fingerprint density at radius 2 is 2.09 bits per heavy atom. The molecule has 2 heterocycles. The number of fused-ring (bicyclic) bond motifs is 3. The second-order valence-electron chi connectivity index (χ2n) is 8.73. The van der Waals surface area contributed by atoms with Crippen LogP contribution in [-0.2, 0) is 0 Å². The average Bonchev–Trinajstić information content (AvgIpc) is 3.63. The Morgan fingerprint density at radius 3 is 2.76 bits per heavy atom. The molecule has 7 nitrogen and oxygen atoms in total. The van der Waals surface area contributed by atoms with Crippen LogP contribution in [-0.4, -0.2) is 30.3 Å². The van der Waals surface area contributed by atoms with Gasteiger partial charge in [-0.05, 0) is 61.1 Å². The van der Waals surface area contributed by atoms with Crippen LogP contribution in [0.2, 0.25) is 0 Å². The number of allylic oxidation sites excluding steroid dienone is 1. The summed E-state index contributed by atoms with van der Waals surface area (Å²) in [6.45, 7) is 2.61. The summed E-state index contributed by atoms with van der Waals surface area (Å²) in [7, 11) is 1.67. The first-order valence-electron chi connectivity index (χ1n) is 11.3. The number of nitrogens with two attached hydrogens (primary N) is 3. The number of pyridine rings is 1. The van der Waals surface area contributed by atoms with Gasteiger partial charge < -0.3 is 27.3 Å². The molecule has 4 rings (SSSR count). The smallest absolute Gasteiger partial charge is 0.166 e. The number of aliphatic imine (C=N–C) groups is 1. The van der Waals surface area contributed by atoms with Crippen molar-refractivity contribution in [2.45, 2.75) is 37.8 Å². The van der Waals surface area contributed by atoms with E-state index in [-0.39, 0.29) is 5.82 Å². The highest BCUT2D eigenvalue weighted by Gasteiger charge is 2.26. The van der Waals surface area contributed by atoms with Crippen LogP contribution in [0.3, 0.4) is 0 Å². The van der Waals surface area contributed by atoms with Crippen LogP contribution in [0.25, 0.3) is 11.4 Å². The molecular formula is C25H30ClFN6O. The Hall–Kier alpha value is -3.10. The molecule has 0 spiro atoms. The molecule has 0 saturated heterocycles. The lowest BCUT2D eigenvalue weighted by Crippen LogP contribution is -2.25. The van der Waals surface area contributed by atoms with Crippen molar-refractivity contribution in [2.75, 3.05) is 19.3 Å². The summed E-state index contributed by atoms with van der Waals surface area (Å²) < 4.78 is 20.4. The van der Waals surface area contributed by atoms with Gasteiger partial charge in [-0.15, -0.1) is 11.6 Å². The summed E-state index contributed by atoms with van der Waals surface area (Å²) in [4.78, 5) is 8.55. The first kappa shape index (κ1) is 24.0. The third-order valence-corrected chi connectivity index (χ3v) is 6.41. The number of aromatic nitrogens is 1. The summed E-state index contributed by atoms with van der Waals surface area (Å²) in [6.07, 6.45) is 5.51. The van der Waals surface area contributed by atoms with Crippen molar-refractivity contribution in [3.8, 4) is 5.75 Å². The number of rotatable bonds is 5. The molecule has 1 aromatic carbocycles. The Labute approximate surface area is 203 Å². The highest BCUT2D eigenvalue weighted by Crippen LogP contribution is 2.36. The van der Waals surface area contributed by atoms with Crippen LogP contribution < -0.4 is 27.3 Å². The number of hydrogen-bond donors (Lipinski definition) is 4. The zero-order valence-electron chi connectivity index (χ0n) is 19.3. The highest BCUT2D eigenvalue weighted by molar-refractivity contribution is 6.22. The van der Waals surface area contributed by atoms with E-state index in [0.717, 1.165) is 23.4 Å². The van der Waals surface area contributed by atoms with Crippen molar-refractivity contribution in [1.82, 2.24) is 10.3 Å². The molecular weight excluding hydrogens is 455 g/mol. The lowest BCUT2D eigenvalue weighted by molar-refractivity contribution is 0.226. The zero-order chi connectivity index (χ0) is 24.4. The molecule has 34 heavy (non-hydrogen) atoms. The summed E-state index contributed by atoms with van der Waals surface area (Å²) >= 11 is 6.52. The van der Waals surface area contributed by atoms with E-state index in [4.69, 9.17) is 33.5 Å². The minimum Gasteiger partial charge on any atom is -0.482 e. The number of nitrogens with one attached hydrogen (secondary N) is 1. The van der Waals surface area contributed by atoms with Gasteiger partial charge in [0.05, 0.1) is 0 Å². The summed E-state index contributed by atoms with van der Waals surface area (Å²) in [6, 6.07) is 6.24. The van der Waals surface area contributed by atoms with E-state index >= 15 is 0 Å². The maximum atomic E-state index is 14.2. The van der Waals surface area contributed by atoms with E-state index in [2.05, 4.69) is 15.3 Å². The van der Waals surface area contributed by atoms with Gasteiger partial charge in [0.1, 0.15) is 17.4 Å². The number of benzene rings is 1. The number of alkyl halides is 1. The molecule has 7 N–H and O–H groups in total. The molecule has 1 saturated carbocycles. The maximum Gasteiger partial charge on any atom is 0.166 e. The van der Waals surface area contributed by atoms with Gasteiger partial charge >= 0.3 is 0 Å². The molecule has 1 aliphatic carbocycles. The fraction of sp³-hybridized carbons (Fsp3) is 0.360. The number of nitrogens with zero attached hydrogens (tertiary/aromatic N) is 2. The predicted octanol–water partition coefficient (Wildman–Crippen LogP) is 3.95. The molecule has 2 aliphatic rings. The van der Waals surface area contributed by atoms with Crippen LogP contribution in [0.1, 0.15) is 49.0 Å². The van der Waals surface area contributed by atoms with Crippen LogP contribution in [0.15, 0.2) is 46.6 Å². The van der Waals surface area contributed by atoms with Gasteiger partial charge in [-0.2, -0.15) is 0 Å². The Bertz CT molecular complexity index is 1170. The lowest BCUT2D eigenvalue weighted by atomic mass is 9.93. The van der Waals surface area contributed by atoms with Crippen LogP contribution in [0, 0.1) is 11.7 Å². The second-order valence-corrected chi connectivity index (χ2v) is 9.20. The number of nitrogen functional groups attached to an aromatic ring is 1. The van der Waals surface area contributed by atoms with Gasteiger partial charge in [-0.1, -0.05) is 0 Å². The quantitative estimate of drug-likeness (QED) is 0.289. The number of anilines is 1. The minimum atomic E-state index is -0.800. The Morgan fingerprint density at radius 1 is 1.32 bits per heavy atom. The normalized spacial score (nSPS) is 22.0. The molecule has 1 aliphatic heterocycles. The Kier molecular flexibility index (Phi) is 7.09. The SMILES string of the molecule is CN=CC1=C(N)c2ccc(F)cc2C(C)Oc2cc(cnc2N)/C(NCC2CC2)=C(/C(N)Cl)C1. The van der Waals surface area contributed by atoms with Crippen LogP contribution >= 0.6 is 11.6 Å². The van der Waals surface area contributed by atoms with Gasteiger partial charge in [-0.25, -0.2) is 9.37 Å². The fourth-order valence-corrected chi connectivity index (χ4v) is 4.28. The standard InChI is InChI=1S/C25H30ClFN6O/c1-13-19-9-17(27)5-6-18(19)22(28)15(11-31-2)7-20(24(26)29)23(32-10-14-3-4-14)16-8-21(34-13)25(30)33-12-16/h5-6,8-9,11-14,24,32H,3-4,7,10,28-29H2,1-2H3,(H2,30,33)/b22-15?,23-20-,31-11?. The molecule has 1 aromatic heterocycles. The van der Waals surface area contributed by atoms with Crippen molar-refractivity contribution >= 4 is 35.0 Å². The van der Waals surface area contributed by atoms with E-state index in [9.17, 15) is 4.39 Å². The second kappa shape index (κ2) is 10.0. The summed E-state index contributed by atoms with van der Waals surface area (Å²) in [5, 5.41) is 3.53. The van der Waals surface area contributed by atoms with E-state index < -0.39 is 17.4 Å². The van der Waals surface area contributed by atoms with Crippen molar-refractivity contribution in [2.24, 2.45) is 22.4 Å². The van der Waals surface area contributed by atoms with Gasteiger partial charge in [0, 0.05) is 60.5 Å². The summed E-state index contributed by atoms with van der Waals surface area (Å²) in [5.41, 5.74) is 22.9. The molecule has 1 fully saturated rings. The highest BCUT2D eigenvalue weighted by atomic mass is 35.5. The van der Waals surface area contributed by atoms with Crippen molar-refractivity contribution in [3.05, 3.63) is 64.1 Å². The van der Waals surface area contributed by atoms with Gasteiger partial charge in [0.25, 0.3) is 0 Å². The van der Waals surface area contributed by atoms with Crippen molar-refractivity contribution < 1.29 is 9.13 Å². The van der Waals surface area contributed by atoms with E-state index in [0.29, 0.717) is 40.5 Å². The van der Waals surface area contributed by atoms with Crippen LogP contribution in [0.4, 0.5) is 10.2 Å². The Balaban J connectivity index is 1.98. The van der Waals surface area contributed by atoms with Crippen molar-refractivity contribution in [3.63, 3.8) is 0 Å². The predicted molar refractivity (Wildman–Crippen MR) is 136 cm³/mol. The van der Waals surface area contributed by atoms with Gasteiger partial charge in [0.2, 0.25) is 0 Å². The lowest BCUT2D eigenvalue weighted by Gasteiger charge is -2.25. The molecule has 9 heteroatoms. The van der Waals surface area contributed by atoms with Gasteiger partial charge in [-0.3, -0.25) is 4.99 Å². The minimum absolute atomic E-state index is 0.228. The molecule has 0 amide bonds. The number of hydrogen-bond acceptors (Lipinski definition) is 7. The van der Waals surface area contributed by atoms with E-state index in [1.807, 2.05) is 13.0 Å². The van der Waals surface area contributed by atoms with Crippen molar-refractivity contribution in [1.29, 1.82) is 0 Å². The number of ether oxygens (including phenoxy) is 1. The largest absolute Gasteiger partial charge is 0.482 e. The first-order chi connectivity index (χ1) is 16.3. The van der Waals surface area contributed by atoms with E-state index in [1.54, 1.807) is 25.5 Å². The topological polar surface area (TPSA) is 125 Å². The van der Waals surface area contributed by atoms with Crippen LogP contribution in [0.5, 0.6) is 5.75 Å². The molecule has 2 unspecified atom stereocenters. The molecule has 180 valence electrons. The third-order valence-electron chi connectivity index (χ3n) is 6.15. The third kappa shape index (κ3) is 5.18. The molecule has 2 aromatic rings. The first-order valence-corrected chi connectivity index (χ1v) is 11.7. The molecule has 0 radical (unpaired) electrons. The maximum absolute atomic E-state index is 14.2.